The summed E-state index contributed by atoms with van der Waals surface area (Å²) in [6, 6.07) is 15.3. The first-order valence-corrected chi connectivity index (χ1v) is 7.18. The first-order valence-electron chi connectivity index (χ1n) is 6.42. The first-order chi connectivity index (χ1) is 10.0. The summed E-state index contributed by atoms with van der Waals surface area (Å²) < 4.78 is 1.65. The van der Waals surface area contributed by atoms with Crippen molar-refractivity contribution in [3.8, 4) is 16.9 Å². The molecular weight excluding hydrogens is 305 g/mol. The number of nitrogens with two attached hydrogens (primary N) is 1. The Kier molecular flexibility index (Phi) is 3.62. The van der Waals surface area contributed by atoms with Gasteiger partial charge in [-0.05, 0) is 31.2 Å². The van der Waals surface area contributed by atoms with Crippen molar-refractivity contribution in [3.05, 3.63) is 64.1 Å². The quantitative estimate of drug-likeness (QED) is 0.742. The minimum absolute atomic E-state index is 0.473. The van der Waals surface area contributed by atoms with E-state index < -0.39 is 0 Å². The van der Waals surface area contributed by atoms with Gasteiger partial charge in [-0.2, -0.15) is 5.10 Å². The number of benzene rings is 2. The zero-order valence-corrected chi connectivity index (χ0v) is 12.9. The molecule has 2 aromatic carbocycles. The highest BCUT2D eigenvalue weighted by molar-refractivity contribution is 6.42. The van der Waals surface area contributed by atoms with Crippen molar-refractivity contribution >= 4 is 29.0 Å². The minimum atomic E-state index is 0.473. The van der Waals surface area contributed by atoms with Crippen LogP contribution >= 0.6 is 23.2 Å². The third-order valence-electron chi connectivity index (χ3n) is 3.20. The SMILES string of the molecule is Cc1cccc(-c2cc(N)n(-c3ccc(Cl)c(Cl)c3)n2)c1. The van der Waals surface area contributed by atoms with Crippen LogP contribution in [-0.2, 0) is 0 Å². The van der Waals surface area contributed by atoms with Gasteiger partial charge in [0.15, 0.2) is 0 Å². The van der Waals surface area contributed by atoms with Crippen molar-refractivity contribution in [1.82, 2.24) is 9.78 Å². The summed E-state index contributed by atoms with van der Waals surface area (Å²) in [4.78, 5) is 0. The largest absolute Gasteiger partial charge is 0.384 e. The fraction of sp³-hybridized carbons (Fsp3) is 0.0625. The van der Waals surface area contributed by atoms with Gasteiger partial charge in [-0.15, -0.1) is 0 Å². The van der Waals surface area contributed by atoms with Gasteiger partial charge in [0, 0.05) is 11.6 Å². The van der Waals surface area contributed by atoms with E-state index in [0.29, 0.717) is 15.9 Å². The number of nitrogen functional groups attached to an aromatic ring is 1. The Hall–Kier alpha value is -1.97. The summed E-state index contributed by atoms with van der Waals surface area (Å²) in [6.07, 6.45) is 0. The number of rotatable bonds is 2. The number of aromatic nitrogens is 2. The summed E-state index contributed by atoms with van der Waals surface area (Å²) in [5.74, 6) is 0.546. The Balaban J connectivity index is 2.07. The summed E-state index contributed by atoms with van der Waals surface area (Å²) in [5, 5.41) is 5.53. The Morgan fingerprint density at radius 1 is 1.00 bits per heavy atom. The highest BCUT2D eigenvalue weighted by atomic mass is 35.5. The number of hydrogen-bond donors (Lipinski definition) is 1. The highest BCUT2D eigenvalue weighted by Crippen LogP contribution is 2.27. The molecule has 0 bridgehead atoms. The lowest BCUT2D eigenvalue weighted by Crippen LogP contribution is -2.01. The Morgan fingerprint density at radius 3 is 2.52 bits per heavy atom. The van der Waals surface area contributed by atoms with Gasteiger partial charge in [-0.3, -0.25) is 0 Å². The normalized spacial score (nSPS) is 10.8. The van der Waals surface area contributed by atoms with Gasteiger partial charge in [0.2, 0.25) is 0 Å². The predicted octanol–water partition coefficient (Wildman–Crippen LogP) is 4.74. The molecular formula is C16H13Cl2N3. The van der Waals surface area contributed by atoms with Crippen LogP contribution in [0.1, 0.15) is 5.56 Å². The molecule has 0 fully saturated rings. The van der Waals surface area contributed by atoms with Gasteiger partial charge in [0.25, 0.3) is 0 Å². The van der Waals surface area contributed by atoms with Crippen LogP contribution in [0.2, 0.25) is 10.0 Å². The average Bonchev–Trinajstić information content (AvgIpc) is 2.84. The molecule has 1 heterocycles. The monoisotopic (exact) mass is 317 g/mol. The topological polar surface area (TPSA) is 43.8 Å². The molecule has 5 heteroatoms. The van der Waals surface area contributed by atoms with E-state index in [4.69, 9.17) is 28.9 Å². The van der Waals surface area contributed by atoms with Crippen LogP contribution in [0.4, 0.5) is 5.82 Å². The Labute approximate surface area is 132 Å². The molecule has 21 heavy (non-hydrogen) atoms. The summed E-state index contributed by atoms with van der Waals surface area (Å²) in [7, 11) is 0. The van der Waals surface area contributed by atoms with E-state index in [0.717, 1.165) is 16.9 Å². The van der Waals surface area contributed by atoms with Crippen molar-refractivity contribution in [1.29, 1.82) is 0 Å². The smallest absolute Gasteiger partial charge is 0.127 e. The molecule has 3 aromatic rings. The van der Waals surface area contributed by atoms with Crippen molar-refractivity contribution in [2.45, 2.75) is 6.92 Å². The second kappa shape index (κ2) is 5.43. The molecule has 0 radical (unpaired) electrons. The average molecular weight is 318 g/mol. The zero-order chi connectivity index (χ0) is 15.0. The Bertz CT molecular complexity index is 809. The van der Waals surface area contributed by atoms with Crippen LogP contribution in [0.25, 0.3) is 16.9 Å². The lowest BCUT2D eigenvalue weighted by Gasteiger charge is -2.05. The van der Waals surface area contributed by atoms with Gasteiger partial charge >= 0.3 is 0 Å². The van der Waals surface area contributed by atoms with Crippen molar-refractivity contribution < 1.29 is 0 Å². The molecule has 2 N–H and O–H groups in total. The van der Waals surface area contributed by atoms with Crippen molar-refractivity contribution in [3.63, 3.8) is 0 Å². The fourth-order valence-corrected chi connectivity index (χ4v) is 2.46. The molecule has 0 amide bonds. The molecule has 0 aliphatic rings. The predicted molar refractivity (Wildman–Crippen MR) is 88.2 cm³/mol. The van der Waals surface area contributed by atoms with E-state index in [1.807, 2.05) is 37.3 Å². The van der Waals surface area contributed by atoms with Crippen LogP contribution in [0.15, 0.2) is 48.5 Å². The maximum atomic E-state index is 6.06. The molecule has 106 valence electrons. The number of aryl methyl sites for hydroxylation is 1. The van der Waals surface area contributed by atoms with Gasteiger partial charge in [-0.1, -0.05) is 47.0 Å². The highest BCUT2D eigenvalue weighted by Gasteiger charge is 2.10. The van der Waals surface area contributed by atoms with Crippen LogP contribution in [0.3, 0.4) is 0 Å². The number of halogens is 2. The third kappa shape index (κ3) is 2.75. The van der Waals surface area contributed by atoms with Crippen LogP contribution < -0.4 is 5.73 Å². The van der Waals surface area contributed by atoms with Gasteiger partial charge in [0.1, 0.15) is 5.82 Å². The molecule has 0 aliphatic carbocycles. The van der Waals surface area contributed by atoms with E-state index in [1.165, 1.54) is 5.56 Å². The first kappa shape index (κ1) is 14.0. The van der Waals surface area contributed by atoms with Crippen molar-refractivity contribution in [2.24, 2.45) is 0 Å². The zero-order valence-electron chi connectivity index (χ0n) is 11.3. The van der Waals surface area contributed by atoms with E-state index in [-0.39, 0.29) is 0 Å². The summed E-state index contributed by atoms with van der Waals surface area (Å²) >= 11 is 12.0. The number of nitrogens with zero attached hydrogens (tertiary/aromatic N) is 2. The molecule has 0 atom stereocenters. The van der Waals surface area contributed by atoms with Gasteiger partial charge in [-0.25, -0.2) is 4.68 Å². The van der Waals surface area contributed by atoms with E-state index in [2.05, 4.69) is 11.2 Å². The van der Waals surface area contributed by atoms with Gasteiger partial charge in [0.05, 0.1) is 21.4 Å². The lowest BCUT2D eigenvalue weighted by atomic mass is 10.1. The third-order valence-corrected chi connectivity index (χ3v) is 3.94. The molecule has 0 spiro atoms. The van der Waals surface area contributed by atoms with Crippen LogP contribution in [-0.4, -0.2) is 9.78 Å². The molecule has 3 rings (SSSR count). The molecule has 1 aromatic heterocycles. The molecule has 0 aliphatic heterocycles. The second-order valence-corrected chi connectivity index (χ2v) is 5.65. The van der Waals surface area contributed by atoms with Crippen LogP contribution in [0.5, 0.6) is 0 Å². The maximum Gasteiger partial charge on any atom is 0.127 e. The standard InChI is InChI=1S/C16H13Cl2N3/c1-10-3-2-4-11(7-10)15-9-16(19)21(20-15)12-5-6-13(17)14(18)8-12/h2-9H,19H2,1H3. The minimum Gasteiger partial charge on any atom is -0.384 e. The fourth-order valence-electron chi connectivity index (χ4n) is 2.16. The molecule has 0 unspecified atom stereocenters. The molecule has 0 saturated heterocycles. The number of hydrogen-bond acceptors (Lipinski definition) is 2. The van der Waals surface area contributed by atoms with E-state index in [1.54, 1.807) is 16.8 Å². The molecule has 3 nitrogen and oxygen atoms in total. The molecule has 0 saturated carbocycles. The Morgan fingerprint density at radius 2 is 1.81 bits per heavy atom. The summed E-state index contributed by atoms with van der Waals surface area (Å²) in [6.45, 7) is 2.04. The number of anilines is 1. The van der Waals surface area contributed by atoms with Crippen LogP contribution in [0, 0.1) is 6.92 Å². The van der Waals surface area contributed by atoms with E-state index >= 15 is 0 Å². The lowest BCUT2D eigenvalue weighted by molar-refractivity contribution is 0.895. The summed E-state index contributed by atoms with van der Waals surface area (Å²) in [5.41, 5.74) is 9.87. The van der Waals surface area contributed by atoms with Crippen molar-refractivity contribution in [2.75, 3.05) is 5.73 Å². The van der Waals surface area contributed by atoms with Gasteiger partial charge < -0.3 is 5.73 Å². The maximum absolute atomic E-state index is 6.06. The second-order valence-electron chi connectivity index (χ2n) is 4.83. The van der Waals surface area contributed by atoms with E-state index in [9.17, 15) is 0 Å².